The highest BCUT2D eigenvalue weighted by atomic mass is 16.3. The Labute approximate surface area is 65.1 Å². The zero-order valence-electron chi connectivity index (χ0n) is 6.37. The molecule has 1 aromatic rings. The van der Waals surface area contributed by atoms with Gasteiger partial charge in [0.25, 0.3) is 0 Å². The van der Waals surface area contributed by atoms with Gasteiger partial charge in [-0.15, -0.1) is 0 Å². The molecule has 0 bridgehead atoms. The van der Waals surface area contributed by atoms with Gasteiger partial charge in [-0.05, 0) is 24.1 Å². The second-order valence-electron chi connectivity index (χ2n) is 2.35. The number of hydrogen-bond donors (Lipinski definition) is 1. The van der Waals surface area contributed by atoms with E-state index in [1.165, 1.54) is 12.1 Å². The van der Waals surface area contributed by atoms with Gasteiger partial charge in [0.2, 0.25) is 5.43 Å². The van der Waals surface area contributed by atoms with Gasteiger partial charge in [0.05, 0.1) is 0 Å². The predicted octanol–water partition coefficient (Wildman–Crippen LogP) is 1.31. The van der Waals surface area contributed by atoms with Crippen LogP contribution in [-0.4, -0.2) is 5.11 Å². The van der Waals surface area contributed by atoms with Crippen molar-refractivity contribution in [1.29, 1.82) is 0 Å². The zero-order chi connectivity index (χ0) is 8.27. The van der Waals surface area contributed by atoms with Crippen LogP contribution in [0.15, 0.2) is 29.1 Å². The van der Waals surface area contributed by atoms with Crippen LogP contribution >= 0.6 is 0 Å². The van der Waals surface area contributed by atoms with E-state index >= 15 is 0 Å². The number of aromatic hydroxyl groups is 1. The maximum absolute atomic E-state index is 10.8. The van der Waals surface area contributed by atoms with Crippen molar-refractivity contribution in [3.05, 3.63) is 40.1 Å². The lowest BCUT2D eigenvalue weighted by molar-refractivity contribution is 0.470. The van der Waals surface area contributed by atoms with Gasteiger partial charge in [0, 0.05) is 0 Å². The Morgan fingerprint density at radius 1 is 1.45 bits per heavy atom. The molecule has 1 N–H and O–H groups in total. The molecule has 0 saturated heterocycles. The fraction of sp³-hybridized carbons (Fsp3) is 0.222. The van der Waals surface area contributed by atoms with E-state index in [9.17, 15) is 4.79 Å². The summed E-state index contributed by atoms with van der Waals surface area (Å²) in [6.07, 6.45) is 0.821. The summed E-state index contributed by atoms with van der Waals surface area (Å²) in [6.45, 7) is 1.97. The van der Waals surface area contributed by atoms with Gasteiger partial charge in [-0.1, -0.05) is 19.1 Å². The van der Waals surface area contributed by atoms with Gasteiger partial charge in [-0.3, -0.25) is 4.79 Å². The second kappa shape index (κ2) is 3.19. The van der Waals surface area contributed by atoms with Crippen molar-refractivity contribution in [3.63, 3.8) is 0 Å². The van der Waals surface area contributed by atoms with Crippen molar-refractivity contribution >= 4 is 0 Å². The zero-order valence-corrected chi connectivity index (χ0v) is 6.37. The summed E-state index contributed by atoms with van der Waals surface area (Å²) in [6, 6.07) is 6.33. The topological polar surface area (TPSA) is 37.3 Å². The molecule has 0 heterocycles. The Morgan fingerprint density at radius 2 is 2.18 bits per heavy atom. The van der Waals surface area contributed by atoms with Gasteiger partial charge in [0.1, 0.15) is 0 Å². The standard InChI is InChI=1S/C9H10O2/c1-2-7-4-3-5-8(10)9(11)6-7/h3-6H,2H2,1H3,(H,10,11). The molecule has 0 saturated carbocycles. The van der Waals surface area contributed by atoms with E-state index in [-0.39, 0.29) is 11.2 Å². The van der Waals surface area contributed by atoms with E-state index in [1.807, 2.05) is 13.0 Å². The summed E-state index contributed by atoms with van der Waals surface area (Å²) < 4.78 is 0. The first kappa shape index (κ1) is 7.79. The Bertz CT molecular complexity index is 305. The summed E-state index contributed by atoms with van der Waals surface area (Å²) in [7, 11) is 0. The predicted molar refractivity (Wildman–Crippen MR) is 43.8 cm³/mol. The van der Waals surface area contributed by atoms with Crippen LogP contribution in [0.1, 0.15) is 12.5 Å². The molecule has 0 spiro atoms. The highest BCUT2D eigenvalue weighted by molar-refractivity contribution is 5.25. The van der Waals surface area contributed by atoms with Gasteiger partial charge in [-0.2, -0.15) is 0 Å². The maximum Gasteiger partial charge on any atom is 0.220 e. The third-order valence-electron chi connectivity index (χ3n) is 1.54. The Hall–Kier alpha value is -1.31. The summed E-state index contributed by atoms with van der Waals surface area (Å²) in [5, 5.41) is 9.08. The Kier molecular flexibility index (Phi) is 2.26. The number of hydrogen-bond acceptors (Lipinski definition) is 2. The molecule has 0 aliphatic carbocycles. The van der Waals surface area contributed by atoms with E-state index in [4.69, 9.17) is 5.11 Å². The quantitative estimate of drug-likeness (QED) is 0.655. The first-order chi connectivity index (χ1) is 5.24. The van der Waals surface area contributed by atoms with Crippen LogP contribution in [0.5, 0.6) is 5.75 Å². The molecule has 0 atom stereocenters. The minimum atomic E-state index is -0.329. The van der Waals surface area contributed by atoms with E-state index in [1.54, 1.807) is 6.07 Å². The second-order valence-corrected chi connectivity index (χ2v) is 2.35. The van der Waals surface area contributed by atoms with Crippen LogP contribution in [0.2, 0.25) is 0 Å². The lowest BCUT2D eigenvalue weighted by Crippen LogP contribution is -1.91. The molecular formula is C9H10O2. The molecule has 2 nitrogen and oxygen atoms in total. The van der Waals surface area contributed by atoms with Gasteiger partial charge < -0.3 is 5.11 Å². The van der Waals surface area contributed by atoms with Crippen molar-refractivity contribution in [3.8, 4) is 5.75 Å². The van der Waals surface area contributed by atoms with Gasteiger partial charge >= 0.3 is 0 Å². The first-order valence-electron chi connectivity index (χ1n) is 3.56. The number of aryl methyl sites for hydroxylation is 1. The van der Waals surface area contributed by atoms with E-state index in [0.717, 1.165) is 12.0 Å². The molecule has 11 heavy (non-hydrogen) atoms. The van der Waals surface area contributed by atoms with E-state index in [2.05, 4.69) is 0 Å². The van der Waals surface area contributed by atoms with Crippen LogP contribution in [0.25, 0.3) is 0 Å². The highest BCUT2D eigenvalue weighted by Crippen LogP contribution is 2.03. The molecular weight excluding hydrogens is 140 g/mol. The SMILES string of the molecule is CCc1cccc(=O)c(O)c1. The lowest BCUT2D eigenvalue weighted by atomic mass is 10.2. The molecule has 2 heteroatoms. The van der Waals surface area contributed by atoms with Crippen molar-refractivity contribution < 1.29 is 5.11 Å². The molecule has 0 aliphatic heterocycles. The average Bonchev–Trinajstić information content (AvgIpc) is 2.15. The fourth-order valence-corrected chi connectivity index (χ4v) is 0.859. The summed E-state index contributed by atoms with van der Waals surface area (Å²) in [5.41, 5.74) is 0.634. The normalized spacial score (nSPS) is 9.55. The van der Waals surface area contributed by atoms with Crippen molar-refractivity contribution in [1.82, 2.24) is 0 Å². The van der Waals surface area contributed by atoms with Crippen LogP contribution < -0.4 is 5.43 Å². The smallest absolute Gasteiger partial charge is 0.220 e. The monoisotopic (exact) mass is 150 g/mol. The molecule has 0 aromatic heterocycles. The van der Waals surface area contributed by atoms with Crippen molar-refractivity contribution in [2.24, 2.45) is 0 Å². The largest absolute Gasteiger partial charge is 0.504 e. The third-order valence-corrected chi connectivity index (χ3v) is 1.54. The van der Waals surface area contributed by atoms with Crippen LogP contribution in [0, 0.1) is 0 Å². The molecule has 0 amide bonds. The molecule has 0 unspecified atom stereocenters. The number of rotatable bonds is 1. The van der Waals surface area contributed by atoms with Crippen LogP contribution in [0.3, 0.4) is 0 Å². The molecule has 0 radical (unpaired) electrons. The van der Waals surface area contributed by atoms with Crippen LogP contribution in [0.4, 0.5) is 0 Å². The third kappa shape index (κ3) is 1.80. The van der Waals surface area contributed by atoms with Crippen LogP contribution in [-0.2, 0) is 6.42 Å². The Morgan fingerprint density at radius 3 is 2.82 bits per heavy atom. The lowest BCUT2D eigenvalue weighted by Gasteiger charge is -1.87. The molecule has 0 fully saturated rings. The van der Waals surface area contributed by atoms with Crippen molar-refractivity contribution in [2.75, 3.05) is 0 Å². The minimum Gasteiger partial charge on any atom is -0.504 e. The highest BCUT2D eigenvalue weighted by Gasteiger charge is 1.92. The summed E-state index contributed by atoms with van der Waals surface area (Å²) in [5.74, 6) is -0.174. The first-order valence-corrected chi connectivity index (χ1v) is 3.56. The van der Waals surface area contributed by atoms with Gasteiger partial charge in [-0.25, -0.2) is 0 Å². The minimum absolute atomic E-state index is 0.174. The van der Waals surface area contributed by atoms with E-state index in [0.29, 0.717) is 0 Å². The van der Waals surface area contributed by atoms with Gasteiger partial charge in [0.15, 0.2) is 5.75 Å². The van der Waals surface area contributed by atoms with Crippen molar-refractivity contribution in [2.45, 2.75) is 13.3 Å². The fourth-order valence-electron chi connectivity index (χ4n) is 0.859. The molecule has 1 aromatic carbocycles. The molecule has 1 rings (SSSR count). The van der Waals surface area contributed by atoms with E-state index < -0.39 is 0 Å². The molecule has 0 aliphatic rings. The summed E-state index contributed by atoms with van der Waals surface area (Å²) in [4.78, 5) is 10.8. The maximum atomic E-state index is 10.8. The molecule has 58 valence electrons. The average molecular weight is 150 g/mol. The Balaban J connectivity index is 3.32. The summed E-state index contributed by atoms with van der Waals surface area (Å²) >= 11 is 0.